The number of hydrogen-bond donors (Lipinski definition) is 1. The van der Waals surface area contributed by atoms with Crippen LogP contribution in [0.25, 0.3) is 0 Å². The van der Waals surface area contributed by atoms with E-state index in [4.69, 9.17) is 9.47 Å². The standard InChI is InChI=1S/C16H24O3/c1-11(2)15-9-14(17)16(19-15)12(3)18-10-13-7-5-4-6-8-13/h4-8,11-12,14-17H,9-10H2,1-3H3/t12-,14-,15-,16+/m0/s1. The molecule has 3 nitrogen and oxygen atoms in total. The van der Waals surface area contributed by atoms with Crippen LogP contribution in [0.5, 0.6) is 0 Å². The van der Waals surface area contributed by atoms with Gasteiger partial charge in [-0.25, -0.2) is 0 Å². The van der Waals surface area contributed by atoms with Gasteiger partial charge in [-0.3, -0.25) is 0 Å². The number of aliphatic hydroxyl groups is 1. The topological polar surface area (TPSA) is 38.7 Å². The average molecular weight is 264 g/mol. The zero-order valence-electron chi connectivity index (χ0n) is 12.0. The van der Waals surface area contributed by atoms with Crippen molar-refractivity contribution in [3.8, 4) is 0 Å². The summed E-state index contributed by atoms with van der Waals surface area (Å²) in [7, 11) is 0. The Balaban J connectivity index is 1.85. The lowest BCUT2D eigenvalue weighted by molar-refractivity contribution is -0.0978. The molecule has 106 valence electrons. The van der Waals surface area contributed by atoms with Crippen LogP contribution in [0, 0.1) is 5.92 Å². The van der Waals surface area contributed by atoms with Crippen molar-refractivity contribution in [2.75, 3.05) is 0 Å². The maximum absolute atomic E-state index is 10.1. The molecule has 1 saturated heterocycles. The molecule has 1 fully saturated rings. The molecule has 1 aromatic rings. The summed E-state index contributed by atoms with van der Waals surface area (Å²) in [4.78, 5) is 0. The number of ether oxygens (including phenoxy) is 2. The normalized spacial score (nSPS) is 28.8. The van der Waals surface area contributed by atoms with Crippen LogP contribution in [-0.2, 0) is 16.1 Å². The molecule has 1 aromatic carbocycles. The van der Waals surface area contributed by atoms with E-state index in [9.17, 15) is 5.11 Å². The number of aliphatic hydroxyl groups excluding tert-OH is 1. The van der Waals surface area contributed by atoms with Crippen LogP contribution < -0.4 is 0 Å². The Labute approximate surface area is 115 Å². The maximum Gasteiger partial charge on any atom is 0.110 e. The molecule has 0 saturated carbocycles. The van der Waals surface area contributed by atoms with Crippen LogP contribution >= 0.6 is 0 Å². The lowest BCUT2D eigenvalue weighted by Crippen LogP contribution is -2.34. The molecule has 0 amide bonds. The minimum atomic E-state index is -0.418. The fourth-order valence-electron chi connectivity index (χ4n) is 2.47. The van der Waals surface area contributed by atoms with Gasteiger partial charge in [0, 0.05) is 6.42 Å². The van der Waals surface area contributed by atoms with Crippen LogP contribution in [0.4, 0.5) is 0 Å². The van der Waals surface area contributed by atoms with E-state index >= 15 is 0 Å². The molecular weight excluding hydrogens is 240 g/mol. The van der Waals surface area contributed by atoms with E-state index in [1.54, 1.807) is 0 Å². The SMILES string of the molecule is CC(C)[C@@H]1C[C@H](O)[C@@H]([C@H](C)OCc2ccccc2)O1. The van der Waals surface area contributed by atoms with Gasteiger partial charge >= 0.3 is 0 Å². The largest absolute Gasteiger partial charge is 0.390 e. The Bertz CT molecular complexity index is 377. The Morgan fingerprint density at radius 1 is 1.26 bits per heavy atom. The van der Waals surface area contributed by atoms with Crippen molar-refractivity contribution in [3.05, 3.63) is 35.9 Å². The molecule has 0 radical (unpaired) electrons. The molecule has 1 heterocycles. The van der Waals surface area contributed by atoms with Crippen molar-refractivity contribution in [1.29, 1.82) is 0 Å². The monoisotopic (exact) mass is 264 g/mol. The molecule has 0 spiro atoms. The lowest BCUT2D eigenvalue weighted by Gasteiger charge is -2.23. The third-order valence-corrected chi connectivity index (χ3v) is 3.75. The first kappa shape index (κ1) is 14.5. The molecule has 4 atom stereocenters. The number of hydrogen-bond acceptors (Lipinski definition) is 3. The number of rotatable bonds is 5. The smallest absolute Gasteiger partial charge is 0.110 e. The summed E-state index contributed by atoms with van der Waals surface area (Å²) in [6.07, 6.45) is 0.123. The summed E-state index contributed by atoms with van der Waals surface area (Å²) < 4.78 is 11.7. The maximum atomic E-state index is 10.1. The second-order valence-corrected chi connectivity index (χ2v) is 5.69. The Morgan fingerprint density at radius 3 is 2.53 bits per heavy atom. The van der Waals surface area contributed by atoms with Gasteiger partial charge in [0.05, 0.1) is 24.9 Å². The van der Waals surface area contributed by atoms with E-state index in [2.05, 4.69) is 13.8 Å². The first-order valence-electron chi connectivity index (χ1n) is 7.07. The van der Waals surface area contributed by atoms with Crippen LogP contribution in [-0.4, -0.2) is 29.5 Å². The third-order valence-electron chi connectivity index (χ3n) is 3.75. The van der Waals surface area contributed by atoms with E-state index in [1.165, 1.54) is 0 Å². The fraction of sp³-hybridized carbons (Fsp3) is 0.625. The molecular formula is C16H24O3. The zero-order valence-corrected chi connectivity index (χ0v) is 12.0. The molecule has 3 heteroatoms. The highest BCUT2D eigenvalue weighted by atomic mass is 16.6. The highest BCUT2D eigenvalue weighted by Crippen LogP contribution is 2.28. The van der Waals surface area contributed by atoms with E-state index in [0.29, 0.717) is 18.9 Å². The van der Waals surface area contributed by atoms with Gasteiger partial charge in [0.2, 0.25) is 0 Å². The summed E-state index contributed by atoms with van der Waals surface area (Å²) in [5.41, 5.74) is 1.14. The third kappa shape index (κ3) is 3.78. The van der Waals surface area contributed by atoms with Gasteiger partial charge in [-0.1, -0.05) is 44.2 Å². The molecule has 0 aromatic heterocycles. The van der Waals surface area contributed by atoms with Crippen LogP contribution in [0.15, 0.2) is 30.3 Å². The predicted octanol–water partition coefficient (Wildman–Crippen LogP) is 2.77. The molecule has 19 heavy (non-hydrogen) atoms. The van der Waals surface area contributed by atoms with Crippen molar-refractivity contribution < 1.29 is 14.6 Å². The first-order chi connectivity index (χ1) is 9.08. The van der Waals surface area contributed by atoms with Crippen LogP contribution in [0.2, 0.25) is 0 Å². The Kier molecular flexibility index (Phi) is 4.97. The van der Waals surface area contributed by atoms with Gasteiger partial charge in [0.1, 0.15) is 6.10 Å². The first-order valence-corrected chi connectivity index (χ1v) is 7.07. The van der Waals surface area contributed by atoms with Crippen molar-refractivity contribution in [2.24, 2.45) is 5.92 Å². The molecule has 2 rings (SSSR count). The van der Waals surface area contributed by atoms with Gasteiger partial charge in [-0.15, -0.1) is 0 Å². The molecule has 1 N–H and O–H groups in total. The summed E-state index contributed by atoms with van der Waals surface area (Å²) in [6, 6.07) is 10.1. The van der Waals surface area contributed by atoms with Crippen LogP contribution in [0.1, 0.15) is 32.8 Å². The van der Waals surface area contributed by atoms with Crippen molar-refractivity contribution >= 4 is 0 Å². The molecule has 1 aliphatic heterocycles. The summed E-state index contributed by atoms with van der Waals surface area (Å²) in [6.45, 7) is 6.77. The van der Waals surface area contributed by atoms with E-state index in [0.717, 1.165) is 5.56 Å². The van der Waals surface area contributed by atoms with Crippen molar-refractivity contribution in [2.45, 2.75) is 58.2 Å². The van der Waals surface area contributed by atoms with Crippen molar-refractivity contribution in [3.63, 3.8) is 0 Å². The summed E-state index contributed by atoms with van der Waals surface area (Å²) in [5.74, 6) is 0.431. The van der Waals surface area contributed by atoms with Gasteiger partial charge in [-0.2, -0.15) is 0 Å². The average Bonchev–Trinajstić information content (AvgIpc) is 2.80. The van der Waals surface area contributed by atoms with Crippen LogP contribution in [0.3, 0.4) is 0 Å². The Hall–Kier alpha value is -0.900. The second-order valence-electron chi connectivity index (χ2n) is 5.69. The lowest BCUT2D eigenvalue weighted by atomic mass is 10.0. The van der Waals surface area contributed by atoms with E-state index in [1.807, 2.05) is 37.3 Å². The molecule has 0 aliphatic carbocycles. The van der Waals surface area contributed by atoms with Gasteiger partial charge in [0.15, 0.2) is 0 Å². The van der Waals surface area contributed by atoms with E-state index in [-0.39, 0.29) is 18.3 Å². The van der Waals surface area contributed by atoms with Gasteiger partial charge < -0.3 is 14.6 Å². The molecule has 1 aliphatic rings. The van der Waals surface area contributed by atoms with Gasteiger partial charge in [-0.05, 0) is 18.4 Å². The minimum absolute atomic E-state index is 0.0982. The Morgan fingerprint density at radius 2 is 1.95 bits per heavy atom. The predicted molar refractivity (Wildman–Crippen MR) is 74.8 cm³/mol. The fourth-order valence-corrected chi connectivity index (χ4v) is 2.47. The molecule has 0 bridgehead atoms. The van der Waals surface area contributed by atoms with E-state index < -0.39 is 6.10 Å². The molecule has 0 unspecified atom stereocenters. The summed E-state index contributed by atoms with van der Waals surface area (Å²) >= 11 is 0. The van der Waals surface area contributed by atoms with Crippen molar-refractivity contribution in [1.82, 2.24) is 0 Å². The second kappa shape index (κ2) is 6.51. The zero-order chi connectivity index (χ0) is 13.8. The summed E-state index contributed by atoms with van der Waals surface area (Å²) in [5, 5.41) is 10.1. The highest BCUT2D eigenvalue weighted by Gasteiger charge is 2.38. The van der Waals surface area contributed by atoms with Gasteiger partial charge in [0.25, 0.3) is 0 Å². The quantitative estimate of drug-likeness (QED) is 0.888. The highest BCUT2D eigenvalue weighted by molar-refractivity contribution is 5.13. The number of benzene rings is 1. The minimum Gasteiger partial charge on any atom is -0.390 e.